The van der Waals surface area contributed by atoms with Crippen molar-refractivity contribution in [2.75, 3.05) is 11.1 Å². The van der Waals surface area contributed by atoms with Gasteiger partial charge in [-0.25, -0.2) is 4.79 Å². The molecule has 0 radical (unpaired) electrons. The highest BCUT2D eigenvalue weighted by Gasteiger charge is 2.25. The fourth-order valence-electron chi connectivity index (χ4n) is 2.03. The summed E-state index contributed by atoms with van der Waals surface area (Å²) in [4.78, 5) is 12.0. The molecule has 0 aromatic heterocycles. The second kappa shape index (κ2) is 6.28. The number of hydrogen-bond donors (Lipinski definition) is 3. The van der Waals surface area contributed by atoms with E-state index < -0.39 is 0 Å². The second-order valence-corrected chi connectivity index (χ2v) is 4.55. The summed E-state index contributed by atoms with van der Waals surface area (Å²) in [6.07, 6.45) is 2.76. The highest BCUT2D eigenvalue weighted by atomic mass is 16.2. The normalized spacial score (nSPS) is 11.1. The number of amides is 2. The van der Waals surface area contributed by atoms with Crippen molar-refractivity contribution in [1.29, 1.82) is 0 Å². The van der Waals surface area contributed by atoms with Gasteiger partial charge in [0, 0.05) is 16.9 Å². The first kappa shape index (κ1) is 14.4. The molecule has 0 saturated carbocycles. The van der Waals surface area contributed by atoms with Crippen molar-refractivity contribution in [3.05, 3.63) is 24.3 Å². The van der Waals surface area contributed by atoms with Gasteiger partial charge in [0.05, 0.1) is 0 Å². The van der Waals surface area contributed by atoms with E-state index in [1.54, 1.807) is 12.1 Å². The highest BCUT2D eigenvalue weighted by molar-refractivity contribution is 5.90. The molecule has 0 saturated heterocycles. The molecule has 4 N–H and O–H groups in total. The standard InChI is InChI=1S/C14H23N3O/c1-4-14(5-2,6-3)17-13(18)16-12-9-7-8-11(15)10-12/h7-10H,4-6,15H2,1-3H3,(H2,16,17,18). The summed E-state index contributed by atoms with van der Waals surface area (Å²) >= 11 is 0. The minimum atomic E-state index is -0.175. The Morgan fingerprint density at radius 1 is 1.22 bits per heavy atom. The lowest BCUT2D eigenvalue weighted by molar-refractivity contribution is 0.229. The van der Waals surface area contributed by atoms with Crippen LogP contribution in [0.1, 0.15) is 40.0 Å². The van der Waals surface area contributed by atoms with Gasteiger partial charge in [-0.2, -0.15) is 0 Å². The van der Waals surface area contributed by atoms with Gasteiger partial charge in [-0.15, -0.1) is 0 Å². The number of anilines is 2. The van der Waals surface area contributed by atoms with E-state index in [0.29, 0.717) is 11.4 Å². The van der Waals surface area contributed by atoms with E-state index in [0.717, 1.165) is 19.3 Å². The molecule has 0 atom stereocenters. The maximum absolute atomic E-state index is 12.0. The van der Waals surface area contributed by atoms with Crippen molar-refractivity contribution in [2.45, 2.75) is 45.6 Å². The maximum Gasteiger partial charge on any atom is 0.319 e. The lowest BCUT2D eigenvalue weighted by atomic mass is 9.90. The summed E-state index contributed by atoms with van der Waals surface area (Å²) in [7, 11) is 0. The Bertz CT molecular complexity index is 392. The van der Waals surface area contributed by atoms with Crippen molar-refractivity contribution in [2.24, 2.45) is 0 Å². The average Bonchev–Trinajstić information content (AvgIpc) is 2.36. The first-order valence-corrected chi connectivity index (χ1v) is 6.50. The van der Waals surface area contributed by atoms with E-state index in [1.165, 1.54) is 0 Å². The van der Waals surface area contributed by atoms with Crippen LogP contribution in [0.4, 0.5) is 16.2 Å². The first-order valence-electron chi connectivity index (χ1n) is 6.50. The molecule has 0 fully saturated rings. The topological polar surface area (TPSA) is 67.2 Å². The summed E-state index contributed by atoms with van der Waals surface area (Å²) in [6, 6.07) is 6.99. The molecule has 0 aliphatic heterocycles. The molecular weight excluding hydrogens is 226 g/mol. The van der Waals surface area contributed by atoms with E-state index in [1.807, 2.05) is 12.1 Å². The molecule has 1 aromatic carbocycles. The number of nitrogen functional groups attached to an aromatic ring is 1. The predicted molar refractivity (Wildman–Crippen MR) is 76.6 cm³/mol. The number of nitrogens with two attached hydrogens (primary N) is 1. The Hall–Kier alpha value is -1.71. The molecule has 0 aliphatic carbocycles. The van der Waals surface area contributed by atoms with Crippen LogP contribution < -0.4 is 16.4 Å². The van der Waals surface area contributed by atoms with E-state index in [-0.39, 0.29) is 11.6 Å². The minimum Gasteiger partial charge on any atom is -0.399 e. The first-order chi connectivity index (χ1) is 8.55. The van der Waals surface area contributed by atoms with Crippen molar-refractivity contribution < 1.29 is 4.79 Å². The van der Waals surface area contributed by atoms with Crippen LogP contribution in [0, 0.1) is 0 Å². The number of nitrogens with one attached hydrogen (secondary N) is 2. The lowest BCUT2D eigenvalue weighted by Crippen LogP contribution is -2.48. The number of rotatable bonds is 5. The summed E-state index contributed by atoms with van der Waals surface area (Å²) in [5.41, 5.74) is 6.90. The lowest BCUT2D eigenvalue weighted by Gasteiger charge is -2.31. The molecule has 1 rings (SSSR count). The zero-order valence-corrected chi connectivity index (χ0v) is 11.4. The number of carbonyl (C=O) groups is 1. The largest absolute Gasteiger partial charge is 0.399 e. The number of urea groups is 1. The Kier molecular flexibility index (Phi) is 5.01. The molecule has 18 heavy (non-hydrogen) atoms. The van der Waals surface area contributed by atoms with Gasteiger partial charge in [-0.3, -0.25) is 0 Å². The van der Waals surface area contributed by atoms with Crippen LogP contribution in [0.5, 0.6) is 0 Å². The van der Waals surface area contributed by atoms with E-state index in [9.17, 15) is 4.79 Å². The van der Waals surface area contributed by atoms with Gasteiger partial charge in [0.15, 0.2) is 0 Å². The van der Waals surface area contributed by atoms with Crippen molar-refractivity contribution in [3.8, 4) is 0 Å². The zero-order valence-electron chi connectivity index (χ0n) is 11.4. The predicted octanol–water partition coefficient (Wildman–Crippen LogP) is 3.36. The molecule has 100 valence electrons. The SMILES string of the molecule is CCC(CC)(CC)NC(=O)Nc1cccc(N)c1. The van der Waals surface area contributed by atoms with Gasteiger partial charge in [-0.1, -0.05) is 26.8 Å². The Balaban J connectivity index is 2.66. The molecule has 0 bridgehead atoms. The minimum absolute atomic E-state index is 0.121. The van der Waals surface area contributed by atoms with Crippen molar-refractivity contribution in [3.63, 3.8) is 0 Å². The fourth-order valence-corrected chi connectivity index (χ4v) is 2.03. The molecule has 0 spiro atoms. The van der Waals surface area contributed by atoms with Crippen LogP contribution in [0.15, 0.2) is 24.3 Å². The molecular formula is C14H23N3O. The Morgan fingerprint density at radius 2 is 1.83 bits per heavy atom. The van der Waals surface area contributed by atoms with Gasteiger partial charge in [0.25, 0.3) is 0 Å². The van der Waals surface area contributed by atoms with E-state index >= 15 is 0 Å². The third-order valence-electron chi connectivity index (χ3n) is 3.55. The van der Waals surface area contributed by atoms with Gasteiger partial charge < -0.3 is 16.4 Å². The third-order valence-corrected chi connectivity index (χ3v) is 3.55. The number of hydrogen-bond acceptors (Lipinski definition) is 2. The highest BCUT2D eigenvalue weighted by Crippen LogP contribution is 2.19. The van der Waals surface area contributed by atoms with Crippen molar-refractivity contribution >= 4 is 17.4 Å². The fraction of sp³-hybridized carbons (Fsp3) is 0.500. The van der Waals surface area contributed by atoms with Crippen LogP contribution in [-0.2, 0) is 0 Å². The van der Waals surface area contributed by atoms with Crippen LogP contribution in [-0.4, -0.2) is 11.6 Å². The molecule has 1 aromatic rings. The van der Waals surface area contributed by atoms with Crippen LogP contribution in [0.3, 0.4) is 0 Å². The smallest absolute Gasteiger partial charge is 0.319 e. The second-order valence-electron chi connectivity index (χ2n) is 4.55. The summed E-state index contributed by atoms with van der Waals surface area (Å²) in [5, 5.41) is 5.87. The van der Waals surface area contributed by atoms with Crippen LogP contribution in [0.2, 0.25) is 0 Å². The molecule has 4 heteroatoms. The number of benzene rings is 1. The van der Waals surface area contributed by atoms with Crippen LogP contribution >= 0.6 is 0 Å². The molecule has 0 unspecified atom stereocenters. The van der Waals surface area contributed by atoms with Crippen LogP contribution in [0.25, 0.3) is 0 Å². The monoisotopic (exact) mass is 249 g/mol. The zero-order chi connectivity index (χ0) is 13.6. The molecule has 0 aliphatic rings. The third kappa shape index (κ3) is 3.65. The summed E-state index contributed by atoms with van der Waals surface area (Å²) in [5.74, 6) is 0. The molecule has 0 heterocycles. The maximum atomic E-state index is 12.0. The quantitative estimate of drug-likeness (QED) is 0.700. The van der Waals surface area contributed by atoms with Gasteiger partial charge >= 0.3 is 6.03 Å². The van der Waals surface area contributed by atoms with Crippen molar-refractivity contribution in [1.82, 2.24) is 5.32 Å². The van der Waals surface area contributed by atoms with Gasteiger partial charge in [0.1, 0.15) is 0 Å². The summed E-state index contributed by atoms with van der Waals surface area (Å²) in [6.45, 7) is 6.27. The molecule has 4 nitrogen and oxygen atoms in total. The average molecular weight is 249 g/mol. The van der Waals surface area contributed by atoms with E-state index in [4.69, 9.17) is 5.73 Å². The van der Waals surface area contributed by atoms with Gasteiger partial charge in [-0.05, 0) is 37.5 Å². The Morgan fingerprint density at radius 3 is 2.33 bits per heavy atom. The summed E-state index contributed by atoms with van der Waals surface area (Å²) < 4.78 is 0. The number of carbonyl (C=O) groups excluding carboxylic acids is 1. The molecule has 2 amide bonds. The Labute approximate surface area is 109 Å². The van der Waals surface area contributed by atoms with Gasteiger partial charge in [0.2, 0.25) is 0 Å². The van der Waals surface area contributed by atoms with E-state index in [2.05, 4.69) is 31.4 Å².